The third kappa shape index (κ3) is 2.58. The van der Waals surface area contributed by atoms with Crippen LogP contribution in [0, 0.1) is 0 Å². The molecule has 0 fully saturated rings. The molecule has 0 spiro atoms. The van der Waals surface area contributed by atoms with Gasteiger partial charge in [-0.3, -0.25) is 4.79 Å². The van der Waals surface area contributed by atoms with E-state index >= 15 is 0 Å². The number of hydrogen-bond acceptors (Lipinski definition) is 2. The van der Waals surface area contributed by atoms with Crippen LogP contribution in [0.2, 0.25) is 0 Å². The van der Waals surface area contributed by atoms with E-state index < -0.39 is 5.97 Å². The summed E-state index contributed by atoms with van der Waals surface area (Å²) in [6, 6.07) is 7.52. The summed E-state index contributed by atoms with van der Waals surface area (Å²) in [5.41, 5.74) is 0.989. The van der Waals surface area contributed by atoms with E-state index in [1.165, 1.54) is 0 Å². The predicted octanol–water partition coefficient (Wildman–Crippen LogP) is 1.99. The molecule has 0 amide bonds. The highest BCUT2D eigenvalue weighted by Crippen LogP contribution is 2.14. The van der Waals surface area contributed by atoms with Crippen LogP contribution in [0.1, 0.15) is 12.0 Å². The fraction of sp³-hybridized carbons (Fsp3) is 0.222. The van der Waals surface area contributed by atoms with Gasteiger partial charge in [0.15, 0.2) is 0 Å². The molecule has 0 atom stereocenters. The third-order valence-electron chi connectivity index (χ3n) is 1.60. The van der Waals surface area contributed by atoms with Crippen LogP contribution < -0.4 is 0 Å². The van der Waals surface area contributed by atoms with Gasteiger partial charge in [-0.05, 0) is 18.1 Å². The molecule has 0 saturated carbocycles. The Morgan fingerprint density at radius 3 is 2.67 bits per heavy atom. The summed E-state index contributed by atoms with van der Waals surface area (Å²) in [5.74, 6) is -0.772. The zero-order valence-electron chi connectivity index (χ0n) is 6.53. The van der Waals surface area contributed by atoms with Crippen LogP contribution in [-0.2, 0) is 11.2 Å². The largest absolute Gasteiger partial charge is 0.481 e. The summed E-state index contributed by atoms with van der Waals surface area (Å²) in [5, 5.41) is 8.44. The lowest BCUT2D eigenvalue weighted by Crippen LogP contribution is -1.97. The average molecular weight is 182 g/mol. The zero-order chi connectivity index (χ0) is 8.97. The Morgan fingerprint density at radius 2 is 2.08 bits per heavy atom. The molecule has 0 aliphatic carbocycles. The molecular formula is C9H10O2S. The fourth-order valence-corrected chi connectivity index (χ4v) is 1.24. The van der Waals surface area contributed by atoms with Gasteiger partial charge < -0.3 is 5.11 Å². The highest BCUT2D eigenvalue weighted by atomic mass is 32.1. The molecule has 12 heavy (non-hydrogen) atoms. The Morgan fingerprint density at radius 1 is 1.42 bits per heavy atom. The second-order valence-electron chi connectivity index (χ2n) is 2.52. The van der Waals surface area contributed by atoms with E-state index in [1.54, 1.807) is 0 Å². The van der Waals surface area contributed by atoms with Crippen LogP contribution in [0.5, 0.6) is 0 Å². The van der Waals surface area contributed by atoms with Gasteiger partial charge in [-0.1, -0.05) is 18.2 Å². The topological polar surface area (TPSA) is 37.3 Å². The lowest BCUT2D eigenvalue weighted by molar-refractivity contribution is -0.136. The highest BCUT2D eigenvalue weighted by Gasteiger charge is 2.00. The maximum Gasteiger partial charge on any atom is 0.303 e. The molecule has 0 saturated heterocycles. The Balaban J connectivity index is 2.63. The highest BCUT2D eigenvalue weighted by molar-refractivity contribution is 7.80. The number of hydrogen-bond donors (Lipinski definition) is 2. The average Bonchev–Trinajstić information content (AvgIpc) is 2.03. The first-order valence-corrected chi connectivity index (χ1v) is 4.13. The number of aryl methyl sites for hydroxylation is 1. The number of thiol groups is 1. The molecule has 0 radical (unpaired) electrons. The molecule has 1 aromatic carbocycles. The first-order valence-electron chi connectivity index (χ1n) is 3.69. The van der Waals surface area contributed by atoms with Crippen molar-refractivity contribution in [3.8, 4) is 0 Å². The van der Waals surface area contributed by atoms with E-state index in [-0.39, 0.29) is 6.42 Å². The van der Waals surface area contributed by atoms with Crippen LogP contribution in [0.25, 0.3) is 0 Å². The molecule has 2 nitrogen and oxygen atoms in total. The fourth-order valence-electron chi connectivity index (χ4n) is 0.964. The molecule has 1 aromatic rings. The minimum absolute atomic E-state index is 0.164. The zero-order valence-corrected chi connectivity index (χ0v) is 7.42. The third-order valence-corrected chi connectivity index (χ3v) is 2.04. The minimum Gasteiger partial charge on any atom is -0.481 e. The van der Waals surface area contributed by atoms with E-state index in [4.69, 9.17) is 5.11 Å². The van der Waals surface area contributed by atoms with Crippen LogP contribution in [0.3, 0.4) is 0 Å². The molecule has 0 unspecified atom stereocenters. The van der Waals surface area contributed by atoms with Crippen molar-refractivity contribution < 1.29 is 9.90 Å². The number of carbonyl (C=O) groups is 1. The SMILES string of the molecule is O=C(O)CCc1ccccc1S. The molecule has 64 valence electrons. The molecule has 0 aliphatic rings. The lowest BCUT2D eigenvalue weighted by atomic mass is 10.1. The van der Waals surface area contributed by atoms with Gasteiger partial charge in [0, 0.05) is 11.3 Å². The Bertz CT molecular complexity index is 284. The van der Waals surface area contributed by atoms with Crippen LogP contribution in [0.15, 0.2) is 29.2 Å². The lowest BCUT2D eigenvalue weighted by Gasteiger charge is -2.01. The van der Waals surface area contributed by atoms with Crippen LogP contribution in [-0.4, -0.2) is 11.1 Å². The summed E-state index contributed by atoms with van der Waals surface area (Å²) in [6.07, 6.45) is 0.715. The normalized spacial score (nSPS) is 9.75. The van der Waals surface area contributed by atoms with Gasteiger partial charge in [0.25, 0.3) is 0 Å². The molecule has 0 aromatic heterocycles. The minimum atomic E-state index is -0.772. The van der Waals surface area contributed by atoms with Crippen molar-refractivity contribution in [1.29, 1.82) is 0 Å². The van der Waals surface area contributed by atoms with Gasteiger partial charge in [0.1, 0.15) is 0 Å². The number of carboxylic acids is 1. The molecule has 0 bridgehead atoms. The predicted molar refractivity (Wildman–Crippen MR) is 49.7 cm³/mol. The van der Waals surface area contributed by atoms with E-state index in [0.717, 1.165) is 10.5 Å². The number of benzene rings is 1. The first-order chi connectivity index (χ1) is 5.70. The van der Waals surface area contributed by atoms with Gasteiger partial charge in [0.05, 0.1) is 0 Å². The van der Waals surface area contributed by atoms with Crippen molar-refractivity contribution in [1.82, 2.24) is 0 Å². The number of rotatable bonds is 3. The van der Waals surface area contributed by atoms with E-state index in [9.17, 15) is 4.79 Å². The molecule has 1 N–H and O–H groups in total. The molecule has 0 aliphatic heterocycles. The Labute approximate surface area is 76.6 Å². The summed E-state index contributed by atoms with van der Waals surface area (Å²) in [6.45, 7) is 0. The van der Waals surface area contributed by atoms with E-state index in [1.807, 2.05) is 24.3 Å². The molecule has 3 heteroatoms. The number of aliphatic carboxylic acids is 1. The van der Waals surface area contributed by atoms with Crippen molar-refractivity contribution in [3.05, 3.63) is 29.8 Å². The second-order valence-corrected chi connectivity index (χ2v) is 3.00. The van der Waals surface area contributed by atoms with Crippen molar-refractivity contribution in [3.63, 3.8) is 0 Å². The molecule has 1 rings (SSSR count). The maximum absolute atomic E-state index is 10.3. The van der Waals surface area contributed by atoms with Gasteiger partial charge in [0.2, 0.25) is 0 Å². The number of carboxylic acid groups (broad SMARTS) is 1. The summed E-state index contributed by atoms with van der Waals surface area (Å²) in [7, 11) is 0. The van der Waals surface area contributed by atoms with Crippen LogP contribution >= 0.6 is 12.6 Å². The summed E-state index contributed by atoms with van der Waals surface area (Å²) < 4.78 is 0. The van der Waals surface area contributed by atoms with E-state index in [0.29, 0.717) is 6.42 Å². The summed E-state index contributed by atoms with van der Waals surface area (Å²) >= 11 is 4.21. The Hall–Kier alpha value is -0.960. The quantitative estimate of drug-likeness (QED) is 0.701. The van der Waals surface area contributed by atoms with Gasteiger partial charge in [-0.15, -0.1) is 12.6 Å². The standard InChI is InChI=1S/C9H10O2S/c10-9(11)6-5-7-3-1-2-4-8(7)12/h1-4,12H,5-6H2,(H,10,11). The summed E-state index contributed by atoms with van der Waals surface area (Å²) in [4.78, 5) is 11.1. The monoisotopic (exact) mass is 182 g/mol. The van der Waals surface area contributed by atoms with Gasteiger partial charge in [-0.2, -0.15) is 0 Å². The van der Waals surface area contributed by atoms with Crippen molar-refractivity contribution >= 4 is 18.6 Å². The van der Waals surface area contributed by atoms with Gasteiger partial charge >= 0.3 is 5.97 Å². The Kier molecular flexibility index (Phi) is 3.17. The van der Waals surface area contributed by atoms with Crippen molar-refractivity contribution in [2.24, 2.45) is 0 Å². The van der Waals surface area contributed by atoms with Crippen molar-refractivity contribution in [2.75, 3.05) is 0 Å². The van der Waals surface area contributed by atoms with Gasteiger partial charge in [-0.25, -0.2) is 0 Å². The van der Waals surface area contributed by atoms with Crippen LogP contribution in [0.4, 0.5) is 0 Å². The smallest absolute Gasteiger partial charge is 0.303 e. The maximum atomic E-state index is 10.3. The first kappa shape index (κ1) is 9.13. The second kappa shape index (κ2) is 4.16. The van der Waals surface area contributed by atoms with Crippen molar-refractivity contribution in [2.45, 2.75) is 17.7 Å². The van der Waals surface area contributed by atoms with E-state index in [2.05, 4.69) is 12.6 Å². The molecular weight excluding hydrogens is 172 g/mol. The molecule has 0 heterocycles.